The van der Waals surface area contributed by atoms with Gasteiger partial charge in [0, 0.05) is 38.4 Å². The lowest BCUT2D eigenvalue weighted by molar-refractivity contribution is 0.0827. The minimum atomic E-state index is 0.0312. The number of carbonyl (C=O) groups excluding carboxylic acids is 1. The van der Waals surface area contributed by atoms with Crippen LogP contribution in [0.2, 0.25) is 0 Å². The van der Waals surface area contributed by atoms with Crippen LogP contribution in [0.4, 0.5) is 5.69 Å². The van der Waals surface area contributed by atoms with Gasteiger partial charge in [0.05, 0.1) is 0 Å². The SMILES string of the molecule is CCN(Cc1ccc(C(=O)N(C)C)cc1)Cc1cccc(N)c1. The predicted molar refractivity (Wildman–Crippen MR) is 95.1 cm³/mol. The van der Waals surface area contributed by atoms with E-state index in [1.165, 1.54) is 11.1 Å². The molecule has 2 aromatic carbocycles. The van der Waals surface area contributed by atoms with Gasteiger partial charge in [0.15, 0.2) is 0 Å². The molecule has 0 saturated heterocycles. The van der Waals surface area contributed by atoms with Crippen molar-refractivity contribution in [1.29, 1.82) is 0 Å². The Balaban J connectivity index is 2.02. The van der Waals surface area contributed by atoms with Crippen molar-refractivity contribution < 1.29 is 4.79 Å². The maximum Gasteiger partial charge on any atom is 0.253 e. The van der Waals surface area contributed by atoms with Crippen molar-refractivity contribution in [3.8, 4) is 0 Å². The summed E-state index contributed by atoms with van der Waals surface area (Å²) in [4.78, 5) is 15.8. The highest BCUT2D eigenvalue weighted by molar-refractivity contribution is 5.93. The molecule has 0 aliphatic rings. The Bertz CT molecular complexity index is 650. The van der Waals surface area contributed by atoms with Crippen LogP contribution in [-0.4, -0.2) is 36.3 Å². The molecule has 4 nitrogen and oxygen atoms in total. The molecule has 2 rings (SSSR count). The summed E-state index contributed by atoms with van der Waals surface area (Å²) in [6.45, 7) is 4.81. The maximum atomic E-state index is 11.9. The molecule has 0 saturated carbocycles. The summed E-state index contributed by atoms with van der Waals surface area (Å²) in [5, 5.41) is 0. The van der Waals surface area contributed by atoms with Crippen LogP contribution in [-0.2, 0) is 13.1 Å². The molecule has 0 aliphatic heterocycles. The standard InChI is InChI=1S/C19H25N3O/c1-4-22(14-16-6-5-7-18(20)12-16)13-15-8-10-17(11-9-15)19(23)21(2)3/h5-12H,4,13-14,20H2,1-3H3. The number of anilines is 1. The van der Waals surface area contributed by atoms with E-state index >= 15 is 0 Å². The number of hydrogen-bond donors (Lipinski definition) is 1. The number of amides is 1. The fourth-order valence-corrected chi connectivity index (χ4v) is 2.50. The zero-order valence-corrected chi connectivity index (χ0v) is 14.1. The van der Waals surface area contributed by atoms with Gasteiger partial charge in [-0.15, -0.1) is 0 Å². The summed E-state index contributed by atoms with van der Waals surface area (Å²) >= 11 is 0. The topological polar surface area (TPSA) is 49.6 Å². The molecule has 0 bridgehead atoms. The first kappa shape index (κ1) is 17.0. The van der Waals surface area contributed by atoms with Crippen molar-refractivity contribution in [2.24, 2.45) is 0 Å². The van der Waals surface area contributed by atoms with Crippen molar-refractivity contribution in [2.45, 2.75) is 20.0 Å². The molecule has 0 spiro atoms. The second kappa shape index (κ2) is 7.79. The van der Waals surface area contributed by atoms with E-state index < -0.39 is 0 Å². The third kappa shape index (κ3) is 4.83. The first-order valence-electron chi connectivity index (χ1n) is 7.87. The molecule has 23 heavy (non-hydrogen) atoms. The van der Waals surface area contributed by atoms with Crippen molar-refractivity contribution in [1.82, 2.24) is 9.80 Å². The normalized spacial score (nSPS) is 10.8. The smallest absolute Gasteiger partial charge is 0.253 e. The van der Waals surface area contributed by atoms with E-state index in [2.05, 4.69) is 17.9 Å². The Labute approximate surface area is 138 Å². The zero-order valence-electron chi connectivity index (χ0n) is 14.1. The molecule has 0 aromatic heterocycles. The van der Waals surface area contributed by atoms with Crippen LogP contribution in [0.5, 0.6) is 0 Å². The van der Waals surface area contributed by atoms with Gasteiger partial charge in [-0.3, -0.25) is 9.69 Å². The summed E-state index contributed by atoms with van der Waals surface area (Å²) in [7, 11) is 3.53. The molecular formula is C19H25N3O. The highest BCUT2D eigenvalue weighted by Crippen LogP contribution is 2.13. The average molecular weight is 311 g/mol. The number of benzene rings is 2. The Morgan fingerprint density at radius 1 is 1.00 bits per heavy atom. The monoisotopic (exact) mass is 311 g/mol. The van der Waals surface area contributed by atoms with E-state index in [1.807, 2.05) is 42.5 Å². The molecule has 0 radical (unpaired) electrons. The Hall–Kier alpha value is -2.33. The molecule has 0 heterocycles. The van der Waals surface area contributed by atoms with Crippen molar-refractivity contribution in [2.75, 3.05) is 26.4 Å². The molecule has 122 valence electrons. The maximum absolute atomic E-state index is 11.9. The van der Waals surface area contributed by atoms with Crippen LogP contribution in [0, 0.1) is 0 Å². The van der Waals surface area contributed by atoms with Gasteiger partial charge < -0.3 is 10.6 Å². The number of nitrogen functional groups attached to an aromatic ring is 1. The molecule has 0 atom stereocenters. The summed E-state index contributed by atoms with van der Waals surface area (Å²) in [5.74, 6) is 0.0312. The van der Waals surface area contributed by atoms with E-state index in [4.69, 9.17) is 5.73 Å². The number of hydrogen-bond acceptors (Lipinski definition) is 3. The van der Waals surface area contributed by atoms with E-state index in [0.717, 1.165) is 30.9 Å². The average Bonchev–Trinajstić information content (AvgIpc) is 2.54. The third-order valence-corrected chi connectivity index (χ3v) is 3.82. The quantitative estimate of drug-likeness (QED) is 0.834. The van der Waals surface area contributed by atoms with Crippen molar-refractivity contribution in [3.05, 3.63) is 65.2 Å². The minimum absolute atomic E-state index is 0.0312. The molecular weight excluding hydrogens is 286 g/mol. The number of nitrogens with zero attached hydrogens (tertiary/aromatic N) is 2. The number of rotatable bonds is 6. The fraction of sp³-hybridized carbons (Fsp3) is 0.316. The summed E-state index contributed by atoms with van der Waals surface area (Å²) < 4.78 is 0. The Kier molecular flexibility index (Phi) is 5.77. The second-order valence-electron chi connectivity index (χ2n) is 5.94. The van der Waals surface area contributed by atoms with Gasteiger partial charge in [-0.1, -0.05) is 31.2 Å². The first-order valence-corrected chi connectivity index (χ1v) is 7.87. The van der Waals surface area contributed by atoms with Crippen molar-refractivity contribution in [3.63, 3.8) is 0 Å². The van der Waals surface area contributed by atoms with Crippen molar-refractivity contribution >= 4 is 11.6 Å². The van der Waals surface area contributed by atoms with Crippen LogP contribution in [0.3, 0.4) is 0 Å². The van der Waals surface area contributed by atoms with Gasteiger partial charge in [-0.05, 0) is 41.9 Å². The molecule has 0 unspecified atom stereocenters. The Morgan fingerprint density at radius 3 is 2.22 bits per heavy atom. The third-order valence-electron chi connectivity index (χ3n) is 3.82. The van der Waals surface area contributed by atoms with E-state index in [9.17, 15) is 4.79 Å². The molecule has 1 amide bonds. The molecule has 0 fully saturated rings. The van der Waals surface area contributed by atoms with E-state index in [-0.39, 0.29) is 5.91 Å². The van der Waals surface area contributed by atoms with Crippen LogP contribution in [0.15, 0.2) is 48.5 Å². The van der Waals surface area contributed by atoms with Gasteiger partial charge in [0.1, 0.15) is 0 Å². The number of nitrogens with two attached hydrogens (primary N) is 1. The Morgan fingerprint density at radius 2 is 1.65 bits per heavy atom. The van der Waals surface area contributed by atoms with Crippen LogP contribution in [0.25, 0.3) is 0 Å². The lowest BCUT2D eigenvalue weighted by Crippen LogP contribution is -2.23. The molecule has 2 N–H and O–H groups in total. The lowest BCUT2D eigenvalue weighted by atomic mass is 10.1. The minimum Gasteiger partial charge on any atom is -0.399 e. The summed E-state index contributed by atoms with van der Waals surface area (Å²) in [5.41, 5.74) is 9.77. The van der Waals surface area contributed by atoms with Gasteiger partial charge in [0.2, 0.25) is 0 Å². The number of carbonyl (C=O) groups is 1. The lowest BCUT2D eigenvalue weighted by Gasteiger charge is -2.21. The first-order chi connectivity index (χ1) is 11.0. The van der Waals surface area contributed by atoms with Gasteiger partial charge >= 0.3 is 0 Å². The van der Waals surface area contributed by atoms with Crippen LogP contribution in [0.1, 0.15) is 28.4 Å². The highest BCUT2D eigenvalue weighted by Gasteiger charge is 2.09. The molecule has 0 aliphatic carbocycles. The second-order valence-corrected chi connectivity index (χ2v) is 5.94. The fourth-order valence-electron chi connectivity index (χ4n) is 2.50. The molecule has 4 heteroatoms. The highest BCUT2D eigenvalue weighted by atomic mass is 16.2. The van der Waals surface area contributed by atoms with Gasteiger partial charge in [0.25, 0.3) is 5.91 Å². The summed E-state index contributed by atoms with van der Waals surface area (Å²) in [6, 6.07) is 15.8. The van der Waals surface area contributed by atoms with Gasteiger partial charge in [-0.2, -0.15) is 0 Å². The molecule has 2 aromatic rings. The van der Waals surface area contributed by atoms with Gasteiger partial charge in [-0.25, -0.2) is 0 Å². The zero-order chi connectivity index (χ0) is 16.8. The van der Waals surface area contributed by atoms with E-state index in [1.54, 1.807) is 19.0 Å². The summed E-state index contributed by atoms with van der Waals surface area (Å²) in [6.07, 6.45) is 0. The van der Waals surface area contributed by atoms with E-state index in [0.29, 0.717) is 0 Å². The van der Waals surface area contributed by atoms with Crippen LogP contribution >= 0.6 is 0 Å². The van der Waals surface area contributed by atoms with Crippen LogP contribution < -0.4 is 5.73 Å². The largest absolute Gasteiger partial charge is 0.399 e. The predicted octanol–water partition coefficient (Wildman–Crippen LogP) is 2.99.